The number of benzene rings is 1. The number of nitrogens with one attached hydrogen (secondary N) is 2. The molecular formula is C31H44N2O6. The Morgan fingerprint density at radius 3 is 2.36 bits per heavy atom. The fraction of sp³-hybridized carbons (Fsp3) is 0.710. The third kappa shape index (κ3) is 5.75. The summed E-state index contributed by atoms with van der Waals surface area (Å²) in [6.07, 6.45) is 9.79. The molecule has 4 atom stereocenters. The van der Waals surface area contributed by atoms with Crippen LogP contribution >= 0.6 is 0 Å². The van der Waals surface area contributed by atoms with Gasteiger partial charge < -0.3 is 25.2 Å². The molecule has 8 heteroatoms. The van der Waals surface area contributed by atoms with Crippen molar-refractivity contribution in [2.24, 2.45) is 29.1 Å². The van der Waals surface area contributed by atoms with Gasteiger partial charge in [-0.3, -0.25) is 14.4 Å². The Bertz CT molecular complexity index is 1090. The Morgan fingerprint density at radius 1 is 1.03 bits per heavy atom. The van der Waals surface area contributed by atoms with Crippen molar-refractivity contribution < 1.29 is 29.0 Å². The van der Waals surface area contributed by atoms with E-state index in [1.165, 1.54) is 6.42 Å². The summed E-state index contributed by atoms with van der Waals surface area (Å²) in [6.45, 7) is 4.98. The Kier molecular flexibility index (Phi) is 8.11. The molecule has 1 aromatic rings. The normalized spacial score (nSPS) is 30.7. The van der Waals surface area contributed by atoms with Gasteiger partial charge in [-0.15, -0.1) is 0 Å². The van der Waals surface area contributed by atoms with Crippen LogP contribution in [0.5, 0.6) is 11.5 Å². The van der Waals surface area contributed by atoms with E-state index in [9.17, 15) is 19.5 Å². The van der Waals surface area contributed by atoms with Crippen molar-refractivity contribution in [3.8, 4) is 11.5 Å². The number of carboxylic acids is 1. The maximum Gasteiger partial charge on any atom is 0.306 e. The van der Waals surface area contributed by atoms with Gasteiger partial charge >= 0.3 is 5.97 Å². The number of aliphatic carboxylic acids is 1. The van der Waals surface area contributed by atoms with Crippen LogP contribution in [0.2, 0.25) is 0 Å². The van der Waals surface area contributed by atoms with Crippen LogP contribution in [0.1, 0.15) is 94.0 Å². The van der Waals surface area contributed by atoms with Crippen molar-refractivity contribution in [3.05, 3.63) is 23.3 Å². The van der Waals surface area contributed by atoms with Crippen molar-refractivity contribution in [2.45, 2.75) is 96.6 Å². The zero-order valence-corrected chi connectivity index (χ0v) is 23.6. The number of carboxylic acid groups (broad SMARTS) is 1. The predicted octanol–water partition coefficient (Wildman–Crippen LogP) is 4.73. The number of methoxy groups -OCH3 is 1. The summed E-state index contributed by atoms with van der Waals surface area (Å²) < 4.78 is 12.0. The van der Waals surface area contributed by atoms with Crippen LogP contribution in [0.15, 0.2) is 12.1 Å². The highest BCUT2D eigenvalue weighted by atomic mass is 16.5. The molecule has 8 nitrogen and oxygen atoms in total. The molecule has 2 amide bonds. The molecule has 0 saturated heterocycles. The first kappa shape index (κ1) is 27.8. The molecule has 4 aliphatic rings. The van der Waals surface area contributed by atoms with Gasteiger partial charge in [0.05, 0.1) is 30.6 Å². The number of ether oxygens (including phenoxy) is 2. The van der Waals surface area contributed by atoms with Crippen molar-refractivity contribution in [3.63, 3.8) is 0 Å². The van der Waals surface area contributed by atoms with E-state index < -0.39 is 5.97 Å². The minimum absolute atomic E-state index is 0.0774. The minimum Gasteiger partial charge on any atom is -0.496 e. The van der Waals surface area contributed by atoms with E-state index in [0.717, 1.165) is 37.7 Å². The molecule has 4 fully saturated rings. The van der Waals surface area contributed by atoms with Crippen LogP contribution in [-0.2, 0) is 16.0 Å². The number of hydrogen-bond acceptors (Lipinski definition) is 5. The van der Waals surface area contributed by atoms with Crippen LogP contribution in [0.4, 0.5) is 0 Å². The van der Waals surface area contributed by atoms with Crippen molar-refractivity contribution in [1.29, 1.82) is 0 Å². The first-order chi connectivity index (χ1) is 18.7. The molecule has 0 heterocycles. The lowest BCUT2D eigenvalue weighted by Gasteiger charge is -2.39. The first-order valence-corrected chi connectivity index (χ1v) is 14.9. The Hall–Kier alpha value is -2.77. The van der Waals surface area contributed by atoms with E-state index in [4.69, 9.17) is 9.47 Å². The maximum absolute atomic E-state index is 13.7. The average Bonchev–Trinajstić information content (AvgIpc) is 3.52. The topological polar surface area (TPSA) is 114 Å². The van der Waals surface area contributed by atoms with Crippen molar-refractivity contribution in [2.75, 3.05) is 13.7 Å². The standard InChI is InChI=1S/C31H44N2O6/c1-4-18-15-25(38-3)23(16-24(18)39-22-10-8-19(9-11-22)30(36)37)28(34)33-27-21-7-6-20(14-21)26(27)29(35)32-17-31(2)12-5-13-31/h15-16,19-22,26-27H,4-14,17H2,1-3H3,(H,32,35)(H,33,34)(H,36,37). The SMILES string of the molecule is CCc1cc(OC)c(C(=O)NC2C3CCC(C3)C2C(=O)NCC2(C)CCC2)cc1OC1CCC(C(=O)O)CC1. The monoisotopic (exact) mass is 540 g/mol. The molecule has 0 spiro atoms. The van der Waals surface area contributed by atoms with Crippen molar-refractivity contribution in [1.82, 2.24) is 10.6 Å². The molecule has 4 aliphatic carbocycles. The molecule has 1 aromatic carbocycles. The lowest BCUT2D eigenvalue weighted by atomic mass is 9.70. The van der Waals surface area contributed by atoms with Gasteiger partial charge in [-0.2, -0.15) is 0 Å². The molecule has 0 aliphatic heterocycles. The molecule has 4 saturated carbocycles. The van der Waals surface area contributed by atoms with E-state index in [1.54, 1.807) is 13.2 Å². The summed E-state index contributed by atoms with van der Waals surface area (Å²) >= 11 is 0. The van der Waals surface area contributed by atoms with Gasteiger partial charge in [-0.25, -0.2) is 0 Å². The zero-order chi connectivity index (χ0) is 27.7. The fourth-order valence-corrected chi connectivity index (χ4v) is 7.42. The third-order valence-electron chi connectivity index (χ3n) is 10.1. The number of rotatable bonds is 10. The largest absolute Gasteiger partial charge is 0.496 e. The number of hydrogen-bond donors (Lipinski definition) is 3. The van der Waals surface area contributed by atoms with Crippen LogP contribution in [-0.4, -0.2) is 48.7 Å². The number of fused-ring (bicyclic) bond motifs is 2. The fourth-order valence-electron chi connectivity index (χ4n) is 7.42. The van der Waals surface area contributed by atoms with Gasteiger partial charge in [0.25, 0.3) is 5.91 Å². The number of amides is 2. The van der Waals surface area contributed by atoms with E-state index in [-0.39, 0.29) is 41.2 Å². The van der Waals surface area contributed by atoms with Gasteiger partial charge in [0.15, 0.2) is 0 Å². The van der Waals surface area contributed by atoms with Crippen LogP contribution in [0.3, 0.4) is 0 Å². The van der Waals surface area contributed by atoms with Gasteiger partial charge in [0.2, 0.25) is 5.91 Å². The average molecular weight is 541 g/mol. The second-order valence-corrected chi connectivity index (χ2v) is 12.7. The minimum atomic E-state index is -0.740. The number of carbonyl (C=O) groups is 3. The maximum atomic E-state index is 13.7. The molecule has 0 aromatic heterocycles. The van der Waals surface area contributed by atoms with Gasteiger partial charge in [-0.1, -0.05) is 20.3 Å². The Labute approximate surface area is 231 Å². The molecule has 3 N–H and O–H groups in total. The summed E-state index contributed by atoms with van der Waals surface area (Å²) in [7, 11) is 1.56. The van der Waals surface area contributed by atoms with Crippen LogP contribution < -0.4 is 20.1 Å². The van der Waals surface area contributed by atoms with E-state index in [1.807, 2.05) is 13.0 Å². The van der Waals surface area contributed by atoms with E-state index in [0.29, 0.717) is 67.5 Å². The number of carbonyl (C=O) groups excluding carboxylic acids is 2. The highest BCUT2D eigenvalue weighted by Gasteiger charge is 2.51. The molecule has 5 rings (SSSR count). The molecule has 4 unspecified atom stereocenters. The summed E-state index contributed by atoms with van der Waals surface area (Å²) in [6, 6.07) is 3.46. The highest BCUT2D eigenvalue weighted by Crippen LogP contribution is 2.49. The van der Waals surface area contributed by atoms with Gasteiger partial charge in [0.1, 0.15) is 11.5 Å². The van der Waals surface area contributed by atoms with Crippen molar-refractivity contribution >= 4 is 17.8 Å². The summed E-state index contributed by atoms with van der Waals surface area (Å²) in [5.74, 6) is 0.370. The van der Waals surface area contributed by atoms with Gasteiger partial charge in [-0.05, 0) is 99.2 Å². The molecule has 39 heavy (non-hydrogen) atoms. The molecule has 0 radical (unpaired) electrons. The predicted molar refractivity (Wildman–Crippen MR) is 147 cm³/mol. The van der Waals surface area contributed by atoms with Gasteiger partial charge in [0, 0.05) is 12.6 Å². The Morgan fingerprint density at radius 2 is 1.74 bits per heavy atom. The quantitative estimate of drug-likeness (QED) is 0.395. The van der Waals surface area contributed by atoms with E-state index >= 15 is 0 Å². The second-order valence-electron chi connectivity index (χ2n) is 12.7. The van der Waals surface area contributed by atoms with Crippen LogP contribution in [0, 0.1) is 29.1 Å². The number of aryl methyl sites for hydroxylation is 1. The molecule has 214 valence electrons. The smallest absolute Gasteiger partial charge is 0.306 e. The zero-order valence-electron chi connectivity index (χ0n) is 23.6. The first-order valence-electron chi connectivity index (χ1n) is 14.9. The summed E-state index contributed by atoms with van der Waals surface area (Å²) in [5, 5.41) is 15.8. The molecule has 2 bridgehead atoms. The summed E-state index contributed by atoms with van der Waals surface area (Å²) in [5.41, 5.74) is 1.57. The van der Waals surface area contributed by atoms with E-state index in [2.05, 4.69) is 17.6 Å². The lowest BCUT2D eigenvalue weighted by molar-refractivity contribution is -0.143. The third-order valence-corrected chi connectivity index (χ3v) is 10.1. The molecular weight excluding hydrogens is 496 g/mol. The highest BCUT2D eigenvalue weighted by molar-refractivity contribution is 5.98. The van der Waals surface area contributed by atoms with Crippen LogP contribution in [0.25, 0.3) is 0 Å². The Balaban J connectivity index is 1.30. The second kappa shape index (κ2) is 11.4. The summed E-state index contributed by atoms with van der Waals surface area (Å²) in [4.78, 5) is 38.4. The lowest BCUT2D eigenvalue weighted by Crippen LogP contribution is -2.51.